The Bertz CT molecular complexity index is 759. The molecule has 2 rings (SSSR count). The van der Waals surface area contributed by atoms with E-state index in [4.69, 9.17) is 20.9 Å². The maximum absolute atomic E-state index is 5.72. The molecule has 0 amide bonds. The molecule has 0 saturated carbocycles. The lowest BCUT2D eigenvalue weighted by Crippen LogP contribution is -2.15. The van der Waals surface area contributed by atoms with Gasteiger partial charge in [0.25, 0.3) is 0 Å². The van der Waals surface area contributed by atoms with Crippen LogP contribution in [0.15, 0.2) is 31.4 Å². The van der Waals surface area contributed by atoms with Crippen LogP contribution in [0.25, 0.3) is 0 Å². The van der Waals surface area contributed by atoms with Gasteiger partial charge in [0.05, 0.1) is 19.4 Å². The van der Waals surface area contributed by atoms with Gasteiger partial charge in [-0.05, 0) is 52.2 Å². The van der Waals surface area contributed by atoms with Crippen molar-refractivity contribution in [2.24, 2.45) is 15.9 Å². The molecule has 2 aromatic rings. The molecule has 1 aromatic carbocycles. The second-order valence-corrected chi connectivity index (χ2v) is 5.27. The number of ether oxygens (including phenoxy) is 2. The third kappa shape index (κ3) is 4.22. The normalized spacial score (nSPS) is 11.9. The van der Waals surface area contributed by atoms with Crippen LogP contribution >= 0.6 is 15.9 Å². The highest BCUT2D eigenvalue weighted by Gasteiger charge is 2.11. The van der Waals surface area contributed by atoms with E-state index in [9.17, 15) is 0 Å². The van der Waals surface area contributed by atoms with Crippen molar-refractivity contribution < 1.29 is 14.1 Å². The molecule has 0 aliphatic rings. The van der Waals surface area contributed by atoms with Crippen LogP contribution < -0.4 is 20.9 Å². The summed E-state index contributed by atoms with van der Waals surface area (Å²) in [6, 6.07) is 3.60. The third-order valence-corrected chi connectivity index (χ3v) is 3.47. The number of anilines is 1. The Morgan fingerprint density at radius 3 is 2.50 bits per heavy atom. The molecular formula is C14H17BrN6O3. The highest BCUT2D eigenvalue weighted by Crippen LogP contribution is 2.33. The Labute approximate surface area is 146 Å². The van der Waals surface area contributed by atoms with Crippen LogP contribution in [-0.4, -0.2) is 35.6 Å². The van der Waals surface area contributed by atoms with Crippen molar-refractivity contribution in [1.29, 1.82) is 0 Å². The molecule has 0 spiro atoms. The van der Waals surface area contributed by atoms with E-state index in [0.29, 0.717) is 24.7 Å². The van der Waals surface area contributed by atoms with Gasteiger partial charge >= 0.3 is 0 Å². The van der Waals surface area contributed by atoms with E-state index in [1.807, 2.05) is 19.9 Å². The third-order valence-electron chi connectivity index (χ3n) is 2.78. The van der Waals surface area contributed by atoms with Gasteiger partial charge in [0.15, 0.2) is 28.8 Å². The molecule has 0 bridgehead atoms. The molecule has 4 N–H and O–H groups in total. The number of benzene rings is 1. The minimum atomic E-state index is -0.00269. The maximum Gasteiger partial charge on any atom is 0.199 e. The zero-order chi connectivity index (χ0) is 17.5. The molecule has 1 aromatic heterocycles. The fraction of sp³-hybridized carbons (Fsp3) is 0.286. The van der Waals surface area contributed by atoms with Crippen LogP contribution in [0.5, 0.6) is 11.5 Å². The summed E-state index contributed by atoms with van der Waals surface area (Å²) in [7, 11) is 0. The zero-order valence-corrected chi connectivity index (χ0v) is 14.8. The number of amidine groups is 1. The fourth-order valence-corrected chi connectivity index (χ4v) is 2.18. The highest BCUT2D eigenvalue weighted by molar-refractivity contribution is 9.10. The molecule has 0 radical (unpaired) electrons. The van der Waals surface area contributed by atoms with Gasteiger partial charge in [-0.3, -0.25) is 0 Å². The quantitative estimate of drug-likeness (QED) is 0.414. The summed E-state index contributed by atoms with van der Waals surface area (Å²) in [5.41, 5.74) is 12.1. The van der Waals surface area contributed by atoms with Crippen molar-refractivity contribution in [3.05, 3.63) is 27.9 Å². The predicted octanol–water partition coefficient (Wildman–Crippen LogP) is 1.95. The molecule has 24 heavy (non-hydrogen) atoms. The molecule has 9 nitrogen and oxygen atoms in total. The first-order valence-electron chi connectivity index (χ1n) is 7.10. The van der Waals surface area contributed by atoms with Crippen molar-refractivity contribution in [3.63, 3.8) is 0 Å². The first-order valence-corrected chi connectivity index (χ1v) is 7.90. The predicted molar refractivity (Wildman–Crippen MR) is 93.5 cm³/mol. The Morgan fingerprint density at radius 2 is 1.92 bits per heavy atom. The average Bonchev–Trinajstić information content (AvgIpc) is 2.97. The minimum absolute atomic E-state index is 0.00269. The molecule has 0 unspecified atom stereocenters. The molecule has 0 fully saturated rings. The average molecular weight is 397 g/mol. The molecule has 128 valence electrons. The molecule has 10 heteroatoms. The molecule has 0 aliphatic heterocycles. The van der Waals surface area contributed by atoms with E-state index in [1.165, 1.54) is 6.21 Å². The van der Waals surface area contributed by atoms with Crippen LogP contribution in [0, 0.1) is 0 Å². The monoisotopic (exact) mass is 396 g/mol. The number of rotatable bonds is 7. The van der Waals surface area contributed by atoms with Gasteiger partial charge in [-0.25, -0.2) is 4.63 Å². The summed E-state index contributed by atoms with van der Waals surface area (Å²) in [6.45, 7) is 4.85. The van der Waals surface area contributed by atoms with Crippen molar-refractivity contribution in [1.82, 2.24) is 10.3 Å². The van der Waals surface area contributed by atoms with Gasteiger partial charge in [-0.2, -0.15) is 5.10 Å². The van der Waals surface area contributed by atoms with Gasteiger partial charge in [-0.1, -0.05) is 0 Å². The van der Waals surface area contributed by atoms with Crippen molar-refractivity contribution in [2.45, 2.75) is 13.8 Å². The standard InChI is InChI=1S/C14H17BrN6O3/c1-3-22-10-5-8(9(15)6-11(10)23-4-2)7-18-19-13(16)12-14(17)21-24-20-12/h5-7H,3-4H2,1-2H3,(H2,16,19)(H2,17,21)/b18-7-. The van der Waals surface area contributed by atoms with Crippen molar-refractivity contribution in [3.8, 4) is 11.5 Å². The SMILES string of the molecule is CCOc1cc(Br)c(/C=N\N=C(N)c2nonc2N)cc1OCC. The van der Waals surface area contributed by atoms with E-state index < -0.39 is 0 Å². The highest BCUT2D eigenvalue weighted by atomic mass is 79.9. The lowest BCUT2D eigenvalue weighted by molar-refractivity contribution is 0.287. The smallest absolute Gasteiger partial charge is 0.199 e. The van der Waals surface area contributed by atoms with Gasteiger partial charge in [0.2, 0.25) is 0 Å². The summed E-state index contributed by atoms with van der Waals surface area (Å²) >= 11 is 3.46. The summed E-state index contributed by atoms with van der Waals surface area (Å²) in [4.78, 5) is 0. The van der Waals surface area contributed by atoms with E-state index >= 15 is 0 Å². The van der Waals surface area contributed by atoms with E-state index in [2.05, 4.69) is 41.1 Å². The van der Waals surface area contributed by atoms with Crippen LogP contribution in [-0.2, 0) is 0 Å². The number of hydrogen-bond acceptors (Lipinski definition) is 8. The van der Waals surface area contributed by atoms with Crippen LogP contribution in [0.1, 0.15) is 25.1 Å². The van der Waals surface area contributed by atoms with E-state index in [-0.39, 0.29) is 17.3 Å². The number of aromatic nitrogens is 2. The molecule has 1 heterocycles. The summed E-state index contributed by atoms with van der Waals surface area (Å²) in [6.07, 6.45) is 1.51. The fourth-order valence-electron chi connectivity index (χ4n) is 1.76. The van der Waals surface area contributed by atoms with Crippen LogP contribution in [0.3, 0.4) is 0 Å². The number of nitrogens with zero attached hydrogens (tertiary/aromatic N) is 4. The van der Waals surface area contributed by atoms with Crippen LogP contribution in [0.4, 0.5) is 5.82 Å². The maximum atomic E-state index is 5.72. The molecule has 0 atom stereocenters. The van der Waals surface area contributed by atoms with Gasteiger partial charge < -0.3 is 20.9 Å². The minimum Gasteiger partial charge on any atom is -0.490 e. The van der Waals surface area contributed by atoms with Gasteiger partial charge in [0.1, 0.15) is 0 Å². The number of halogens is 1. The van der Waals surface area contributed by atoms with Gasteiger partial charge in [-0.15, -0.1) is 5.10 Å². The second kappa shape index (κ2) is 8.29. The largest absolute Gasteiger partial charge is 0.490 e. The summed E-state index contributed by atoms with van der Waals surface area (Å²) in [5.74, 6) is 1.31. The lowest BCUT2D eigenvalue weighted by atomic mass is 10.2. The molecular weight excluding hydrogens is 380 g/mol. The Hall–Kier alpha value is -2.62. The Kier molecular flexibility index (Phi) is 6.13. The van der Waals surface area contributed by atoms with E-state index in [1.54, 1.807) is 6.07 Å². The summed E-state index contributed by atoms with van der Waals surface area (Å²) in [5, 5.41) is 14.7. The second-order valence-electron chi connectivity index (χ2n) is 4.41. The topological polar surface area (TPSA) is 134 Å². The van der Waals surface area contributed by atoms with Gasteiger partial charge in [0, 0.05) is 10.0 Å². The number of nitrogen functional groups attached to an aromatic ring is 1. The summed E-state index contributed by atoms with van der Waals surface area (Å²) < 4.78 is 16.3. The van der Waals surface area contributed by atoms with E-state index in [0.717, 1.165) is 10.0 Å². The van der Waals surface area contributed by atoms with Crippen molar-refractivity contribution in [2.75, 3.05) is 18.9 Å². The first-order chi connectivity index (χ1) is 11.6. The first kappa shape index (κ1) is 17.7. The number of hydrogen-bond donors (Lipinski definition) is 2. The Balaban J connectivity index is 2.25. The Morgan fingerprint density at radius 1 is 1.25 bits per heavy atom. The molecule has 0 aliphatic carbocycles. The van der Waals surface area contributed by atoms with Crippen molar-refractivity contribution >= 4 is 33.8 Å². The number of nitrogens with two attached hydrogens (primary N) is 2. The lowest BCUT2D eigenvalue weighted by Gasteiger charge is -2.12. The van der Waals surface area contributed by atoms with Crippen LogP contribution in [0.2, 0.25) is 0 Å². The zero-order valence-electron chi connectivity index (χ0n) is 13.2. The molecule has 0 saturated heterocycles.